The van der Waals surface area contributed by atoms with Gasteiger partial charge < -0.3 is 10.7 Å². The van der Waals surface area contributed by atoms with Crippen molar-refractivity contribution in [2.75, 3.05) is 5.73 Å². The van der Waals surface area contributed by atoms with E-state index in [0.717, 1.165) is 5.56 Å². The number of nitrogens with one attached hydrogen (secondary N) is 1. The molecule has 6 heteroatoms. The zero-order valence-corrected chi connectivity index (χ0v) is 12.1. The van der Waals surface area contributed by atoms with Crippen LogP contribution in [0.3, 0.4) is 0 Å². The number of nitrogens with two attached hydrogens (primary N) is 1. The van der Waals surface area contributed by atoms with E-state index >= 15 is 0 Å². The smallest absolute Gasteiger partial charge is 0.191 e. The number of aryl methyl sites for hydroxylation is 1. The molecule has 3 rings (SSSR count). The summed E-state index contributed by atoms with van der Waals surface area (Å²) in [6, 6.07) is 8.77. The molecule has 3 N–H and O–H groups in total. The molecule has 3 aromatic rings. The SMILES string of the molecule is Cn1nc(-c2c[nH]ccc2=O)c(-c2cccc(Cl)c2)c1N. The van der Waals surface area contributed by atoms with Gasteiger partial charge in [0.25, 0.3) is 0 Å². The van der Waals surface area contributed by atoms with E-state index < -0.39 is 0 Å². The average molecular weight is 301 g/mol. The Labute approximate surface area is 126 Å². The van der Waals surface area contributed by atoms with Crippen molar-refractivity contribution in [1.82, 2.24) is 14.8 Å². The summed E-state index contributed by atoms with van der Waals surface area (Å²) in [5, 5.41) is 4.98. The van der Waals surface area contributed by atoms with Crippen molar-refractivity contribution in [2.45, 2.75) is 0 Å². The third-order valence-electron chi connectivity index (χ3n) is 3.28. The van der Waals surface area contributed by atoms with Gasteiger partial charge >= 0.3 is 0 Å². The Morgan fingerprint density at radius 1 is 1.33 bits per heavy atom. The second-order valence-corrected chi connectivity index (χ2v) is 5.10. The topological polar surface area (TPSA) is 76.7 Å². The van der Waals surface area contributed by atoms with Gasteiger partial charge in [-0.15, -0.1) is 0 Å². The first kappa shape index (κ1) is 13.5. The highest BCUT2D eigenvalue weighted by molar-refractivity contribution is 6.30. The van der Waals surface area contributed by atoms with Crippen molar-refractivity contribution < 1.29 is 0 Å². The van der Waals surface area contributed by atoms with Crippen molar-refractivity contribution in [2.24, 2.45) is 7.05 Å². The predicted molar refractivity (Wildman–Crippen MR) is 84.1 cm³/mol. The van der Waals surface area contributed by atoms with Crippen LogP contribution in [-0.4, -0.2) is 14.8 Å². The highest BCUT2D eigenvalue weighted by Crippen LogP contribution is 2.35. The van der Waals surface area contributed by atoms with Gasteiger partial charge in [0.05, 0.1) is 11.1 Å². The van der Waals surface area contributed by atoms with Crippen LogP contribution in [0, 0.1) is 0 Å². The third-order valence-corrected chi connectivity index (χ3v) is 3.52. The minimum Gasteiger partial charge on any atom is -0.383 e. The van der Waals surface area contributed by atoms with Gasteiger partial charge in [0.2, 0.25) is 0 Å². The van der Waals surface area contributed by atoms with Crippen LogP contribution >= 0.6 is 11.6 Å². The first-order chi connectivity index (χ1) is 10.1. The maximum absolute atomic E-state index is 12.1. The van der Waals surface area contributed by atoms with Crippen LogP contribution in [0.2, 0.25) is 5.02 Å². The van der Waals surface area contributed by atoms with Crippen LogP contribution in [-0.2, 0) is 7.05 Å². The molecule has 0 spiro atoms. The summed E-state index contributed by atoms with van der Waals surface area (Å²) in [5.41, 5.74) is 8.55. The number of H-pyrrole nitrogens is 1. The van der Waals surface area contributed by atoms with Crippen LogP contribution in [0.25, 0.3) is 22.4 Å². The van der Waals surface area contributed by atoms with Gasteiger partial charge in [-0.3, -0.25) is 9.48 Å². The number of hydrogen-bond donors (Lipinski definition) is 2. The summed E-state index contributed by atoms with van der Waals surface area (Å²) in [7, 11) is 1.74. The molecule has 2 aromatic heterocycles. The first-order valence-electron chi connectivity index (χ1n) is 6.34. The molecule has 0 aliphatic carbocycles. The molecule has 0 saturated carbocycles. The molecule has 21 heavy (non-hydrogen) atoms. The molecular weight excluding hydrogens is 288 g/mol. The number of aromatic nitrogens is 3. The van der Waals surface area contributed by atoms with Crippen molar-refractivity contribution in [3.63, 3.8) is 0 Å². The molecule has 0 saturated heterocycles. The summed E-state index contributed by atoms with van der Waals surface area (Å²) in [4.78, 5) is 15.0. The number of hydrogen-bond acceptors (Lipinski definition) is 3. The second kappa shape index (κ2) is 5.10. The van der Waals surface area contributed by atoms with E-state index in [4.69, 9.17) is 17.3 Å². The number of pyridine rings is 1. The van der Waals surface area contributed by atoms with Gasteiger partial charge in [0.1, 0.15) is 11.5 Å². The summed E-state index contributed by atoms with van der Waals surface area (Å²) >= 11 is 6.05. The Morgan fingerprint density at radius 2 is 2.14 bits per heavy atom. The van der Waals surface area contributed by atoms with Crippen LogP contribution < -0.4 is 11.2 Å². The lowest BCUT2D eigenvalue weighted by Crippen LogP contribution is -2.04. The Balaban J connectivity index is 2.31. The average Bonchev–Trinajstić information content (AvgIpc) is 2.75. The van der Waals surface area contributed by atoms with Crippen molar-refractivity contribution in [3.05, 3.63) is 58.0 Å². The number of nitrogens with zero attached hydrogens (tertiary/aromatic N) is 2. The Morgan fingerprint density at radius 3 is 2.86 bits per heavy atom. The minimum absolute atomic E-state index is 0.116. The molecule has 0 amide bonds. The molecule has 0 aliphatic heterocycles. The zero-order valence-electron chi connectivity index (χ0n) is 11.3. The number of rotatable bonds is 2. The molecule has 0 bridgehead atoms. The summed E-state index contributed by atoms with van der Waals surface area (Å²) < 4.78 is 1.55. The fourth-order valence-corrected chi connectivity index (χ4v) is 2.45. The molecular formula is C15H13ClN4O. The maximum atomic E-state index is 12.1. The van der Waals surface area contributed by atoms with Crippen LogP contribution in [0.15, 0.2) is 47.5 Å². The number of aromatic amines is 1. The van der Waals surface area contributed by atoms with Gasteiger partial charge in [-0.05, 0) is 17.7 Å². The van der Waals surface area contributed by atoms with Crippen molar-refractivity contribution >= 4 is 17.4 Å². The van der Waals surface area contributed by atoms with Crippen LogP contribution in [0.1, 0.15) is 0 Å². The first-order valence-corrected chi connectivity index (χ1v) is 6.71. The highest BCUT2D eigenvalue weighted by Gasteiger charge is 2.19. The number of halogens is 1. The molecule has 106 valence electrons. The van der Waals surface area contributed by atoms with Crippen LogP contribution in [0.4, 0.5) is 5.82 Å². The van der Waals surface area contributed by atoms with Crippen molar-refractivity contribution in [1.29, 1.82) is 0 Å². The Kier molecular flexibility index (Phi) is 3.27. The molecule has 0 aliphatic rings. The lowest BCUT2D eigenvalue weighted by molar-refractivity contribution is 0.782. The fraction of sp³-hybridized carbons (Fsp3) is 0.0667. The van der Waals surface area contributed by atoms with Gasteiger partial charge in [0, 0.05) is 30.5 Å². The highest BCUT2D eigenvalue weighted by atomic mass is 35.5. The number of benzene rings is 1. The van der Waals surface area contributed by atoms with E-state index in [2.05, 4.69) is 10.1 Å². The normalized spacial score (nSPS) is 10.8. The standard InChI is InChI=1S/C15H13ClN4O/c1-20-15(17)13(9-3-2-4-10(16)7-9)14(19-20)11-8-18-6-5-12(11)21/h2-8H,17H2,1H3,(H,18,21). The number of nitrogen functional groups attached to an aromatic ring is 1. The van der Waals surface area contributed by atoms with Crippen molar-refractivity contribution in [3.8, 4) is 22.4 Å². The quantitative estimate of drug-likeness (QED) is 0.764. The van der Waals surface area contributed by atoms with E-state index in [-0.39, 0.29) is 5.43 Å². The summed E-state index contributed by atoms with van der Waals surface area (Å²) in [5.74, 6) is 0.482. The van der Waals surface area contributed by atoms with E-state index in [1.807, 2.05) is 12.1 Å². The van der Waals surface area contributed by atoms with Crippen LogP contribution in [0.5, 0.6) is 0 Å². The molecule has 2 heterocycles. The van der Waals surface area contributed by atoms with E-state index in [0.29, 0.717) is 27.7 Å². The number of anilines is 1. The van der Waals surface area contributed by atoms with E-state index in [9.17, 15) is 4.79 Å². The van der Waals surface area contributed by atoms with E-state index in [1.54, 1.807) is 36.3 Å². The lowest BCUT2D eigenvalue weighted by atomic mass is 10.0. The molecule has 0 unspecified atom stereocenters. The minimum atomic E-state index is -0.116. The van der Waals surface area contributed by atoms with Gasteiger partial charge in [-0.25, -0.2) is 0 Å². The largest absolute Gasteiger partial charge is 0.383 e. The second-order valence-electron chi connectivity index (χ2n) is 4.67. The fourth-order valence-electron chi connectivity index (χ4n) is 2.26. The zero-order chi connectivity index (χ0) is 15.0. The molecule has 1 aromatic carbocycles. The summed E-state index contributed by atoms with van der Waals surface area (Å²) in [6.45, 7) is 0. The maximum Gasteiger partial charge on any atom is 0.191 e. The van der Waals surface area contributed by atoms with Gasteiger partial charge in [-0.1, -0.05) is 23.7 Å². The van der Waals surface area contributed by atoms with E-state index in [1.165, 1.54) is 6.07 Å². The Bertz CT molecular complexity index is 866. The third kappa shape index (κ3) is 2.32. The molecule has 0 atom stereocenters. The lowest BCUT2D eigenvalue weighted by Gasteiger charge is -2.04. The molecule has 5 nitrogen and oxygen atoms in total. The Hall–Kier alpha value is -2.53. The predicted octanol–water partition coefficient (Wildman–Crippen LogP) is 2.68. The monoisotopic (exact) mass is 300 g/mol. The molecule has 0 fully saturated rings. The molecule has 0 radical (unpaired) electrons. The van der Waals surface area contributed by atoms with Gasteiger partial charge in [-0.2, -0.15) is 5.10 Å². The summed E-state index contributed by atoms with van der Waals surface area (Å²) in [6.07, 6.45) is 3.20. The van der Waals surface area contributed by atoms with Gasteiger partial charge in [0.15, 0.2) is 5.43 Å².